The van der Waals surface area contributed by atoms with Crippen molar-refractivity contribution in [1.82, 2.24) is 0 Å². The Bertz CT molecular complexity index is 594. The molecule has 2 saturated heterocycles. The van der Waals surface area contributed by atoms with Crippen LogP contribution >= 0.6 is 0 Å². The van der Waals surface area contributed by atoms with Gasteiger partial charge < -0.3 is 24.1 Å². The smallest absolute Gasteiger partial charge is 0.317 e. The van der Waals surface area contributed by atoms with Crippen molar-refractivity contribution in [3.05, 3.63) is 35.9 Å². The van der Waals surface area contributed by atoms with E-state index in [0.717, 1.165) is 5.56 Å². The molecule has 0 aliphatic carbocycles. The highest BCUT2D eigenvalue weighted by Gasteiger charge is 2.54. The Labute approximate surface area is 145 Å². The number of benzene rings is 1. The third-order valence-corrected chi connectivity index (χ3v) is 4.32. The molecule has 0 radical (unpaired) electrons. The molecule has 1 aromatic carbocycles. The van der Waals surface area contributed by atoms with E-state index in [0.29, 0.717) is 0 Å². The van der Waals surface area contributed by atoms with E-state index >= 15 is 0 Å². The maximum absolute atomic E-state index is 12.5. The van der Waals surface area contributed by atoms with E-state index in [1.54, 1.807) is 13.8 Å². The molecule has 0 aromatic heterocycles. The van der Waals surface area contributed by atoms with Gasteiger partial charge in [0.25, 0.3) is 0 Å². The minimum atomic E-state index is -1.20. The average Bonchev–Trinajstić information content (AvgIpc) is 2.60. The molecule has 0 saturated carbocycles. The molecule has 3 rings (SSSR count). The van der Waals surface area contributed by atoms with Crippen LogP contribution in [-0.4, -0.2) is 48.1 Å². The summed E-state index contributed by atoms with van der Waals surface area (Å²) >= 11 is 0. The number of nitrogens with two attached hydrogens (primary N) is 1. The van der Waals surface area contributed by atoms with E-state index in [-0.39, 0.29) is 13.2 Å². The summed E-state index contributed by atoms with van der Waals surface area (Å²) in [5.74, 6) is 2.57. The lowest BCUT2D eigenvalue weighted by atomic mass is 9.90. The molecule has 0 spiro atoms. The maximum atomic E-state index is 12.5. The number of ether oxygens (including phenoxy) is 4. The number of hydrogen-bond donors (Lipinski definition) is 2. The first-order valence-corrected chi connectivity index (χ1v) is 8.13. The van der Waals surface area contributed by atoms with Crippen LogP contribution in [-0.2, 0) is 35.2 Å². The second kappa shape index (κ2) is 7.36. The summed E-state index contributed by atoms with van der Waals surface area (Å²) < 4.78 is 22.2. The Morgan fingerprint density at radius 2 is 2.08 bits per heavy atom. The van der Waals surface area contributed by atoms with Crippen molar-refractivity contribution in [2.24, 2.45) is 11.8 Å². The van der Waals surface area contributed by atoms with Crippen LogP contribution < -0.4 is 5.90 Å². The van der Waals surface area contributed by atoms with Crippen LogP contribution in [0.1, 0.15) is 19.4 Å². The minimum absolute atomic E-state index is 0.0732. The fraction of sp³-hybridized carbons (Fsp3) is 0.588. The Kier molecular flexibility index (Phi) is 5.38. The van der Waals surface area contributed by atoms with E-state index in [9.17, 15) is 9.90 Å². The van der Waals surface area contributed by atoms with Gasteiger partial charge in [0.2, 0.25) is 0 Å². The van der Waals surface area contributed by atoms with Crippen LogP contribution in [0, 0.1) is 5.92 Å². The molecule has 2 heterocycles. The second-order valence-corrected chi connectivity index (χ2v) is 6.58. The zero-order chi connectivity index (χ0) is 18.0. The molecule has 25 heavy (non-hydrogen) atoms. The van der Waals surface area contributed by atoms with Crippen molar-refractivity contribution >= 4 is 5.97 Å². The zero-order valence-corrected chi connectivity index (χ0v) is 14.2. The summed E-state index contributed by atoms with van der Waals surface area (Å²) in [6, 6.07) is 9.22. The van der Waals surface area contributed by atoms with Gasteiger partial charge in [-0.05, 0) is 19.4 Å². The third kappa shape index (κ3) is 4.00. The summed E-state index contributed by atoms with van der Waals surface area (Å²) in [6.45, 7) is 3.72. The van der Waals surface area contributed by atoms with Crippen molar-refractivity contribution in [3.8, 4) is 0 Å². The molecule has 0 bridgehead atoms. The van der Waals surface area contributed by atoms with Crippen LogP contribution in [0.15, 0.2) is 30.3 Å². The highest BCUT2D eigenvalue weighted by molar-refractivity contribution is 5.74. The standard InChI is InChI=1S/C17H23NO7/c1-17(2)22-9-11-14(24-17)13(19)12(16(23-11)25-18)15(20)21-8-10-6-4-3-5-7-10/h3-7,11-14,16,19H,8-9,18H2,1-2H3/t11-,12+,13-,14-,16-/m1/s1. The third-order valence-electron chi connectivity index (χ3n) is 4.32. The molecule has 0 unspecified atom stereocenters. The zero-order valence-electron chi connectivity index (χ0n) is 14.2. The number of carbonyl (C=O) groups excluding carboxylic acids is 1. The Hall–Kier alpha value is -1.55. The minimum Gasteiger partial charge on any atom is -0.460 e. The molecule has 2 aliphatic rings. The molecule has 5 atom stereocenters. The maximum Gasteiger partial charge on any atom is 0.317 e. The molecule has 1 aromatic rings. The first-order chi connectivity index (χ1) is 11.9. The first kappa shape index (κ1) is 18.2. The predicted molar refractivity (Wildman–Crippen MR) is 84.6 cm³/mol. The van der Waals surface area contributed by atoms with Gasteiger partial charge in [-0.1, -0.05) is 30.3 Å². The number of rotatable bonds is 4. The largest absolute Gasteiger partial charge is 0.460 e. The fourth-order valence-electron chi connectivity index (χ4n) is 3.04. The molecule has 8 heteroatoms. The molecule has 3 N–H and O–H groups in total. The summed E-state index contributed by atoms with van der Waals surface area (Å²) in [5, 5.41) is 10.7. The summed E-state index contributed by atoms with van der Waals surface area (Å²) in [6.07, 6.45) is -3.68. The van der Waals surface area contributed by atoms with Crippen LogP contribution in [0.5, 0.6) is 0 Å². The fourth-order valence-corrected chi connectivity index (χ4v) is 3.04. The van der Waals surface area contributed by atoms with Crippen molar-refractivity contribution < 1.29 is 33.7 Å². The van der Waals surface area contributed by atoms with Gasteiger partial charge in [0.1, 0.15) is 30.8 Å². The molecule has 138 valence electrons. The van der Waals surface area contributed by atoms with Crippen LogP contribution in [0.2, 0.25) is 0 Å². The number of hydrogen-bond acceptors (Lipinski definition) is 8. The molecule has 0 amide bonds. The van der Waals surface area contributed by atoms with Crippen LogP contribution in [0.3, 0.4) is 0 Å². The van der Waals surface area contributed by atoms with Gasteiger partial charge in [0, 0.05) is 0 Å². The van der Waals surface area contributed by atoms with Crippen molar-refractivity contribution in [1.29, 1.82) is 0 Å². The molecule has 2 aliphatic heterocycles. The monoisotopic (exact) mass is 353 g/mol. The van der Waals surface area contributed by atoms with Crippen molar-refractivity contribution in [2.45, 2.75) is 50.8 Å². The quantitative estimate of drug-likeness (QED) is 0.594. The van der Waals surface area contributed by atoms with E-state index in [1.807, 2.05) is 30.3 Å². The molecular formula is C17H23NO7. The predicted octanol–water partition coefficient (Wildman–Crippen LogP) is 0.474. The number of aliphatic hydroxyl groups is 1. The van der Waals surface area contributed by atoms with Gasteiger partial charge >= 0.3 is 5.97 Å². The normalized spacial score (nSPS) is 34.2. The number of esters is 1. The SMILES string of the molecule is CC1(C)OC[C@H]2O[C@H](ON)[C@H](C(=O)OCc3ccccc3)[C@@H](O)[C@@H]2O1. The molecule has 2 fully saturated rings. The summed E-state index contributed by atoms with van der Waals surface area (Å²) in [5.41, 5.74) is 0.827. The van der Waals surface area contributed by atoms with Crippen molar-refractivity contribution in [3.63, 3.8) is 0 Å². The van der Waals surface area contributed by atoms with Gasteiger partial charge in [-0.25, -0.2) is 5.90 Å². The highest BCUT2D eigenvalue weighted by atomic mass is 16.8. The van der Waals surface area contributed by atoms with E-state index in [2.05, 4.69) is 0 Å². The van der Waals surface area contributed by atoms with Gasteiger partial charge in [0.15, 0.2) is 12.1 Å². The van der Waals surface area contributed by atoms with Crippen molar-refractivity contribution in [2.75, 3.05) is 6.61 Å². The first-order valence-electron chi connectivity index (χ1n) is 8.13. The topological polar surface area (TPSA) is 109 Å². The van der Waals surface area contributed by atoms with E-state index in [1.165, 1.54) is 0 Å². The van der Waals surface area contributed by atoms with E-state index in [4.69, 9.17) is 29.7 Å². The van der Waals surface area contributed by atoms with Gasteiger partial charge in [0.05, 0.1) is 6.61 Å². The Morgan fingerprint density at radius 3 is 2.76 bits per heavy atom. The Balaban J connectivity index is 1.70. The number of fused-ring (bicyclic) bond motifs is 1. The van der Waals surface area contributed by atoms with Gasteiger partial charge in [-0.3, -0.25) is 9.63 Å². The lowest BCUT2D eigenvalue weighted by molar-refractivity contribution is -0.374. The average molecular weight is 353 g/mol. The van der Waals surface area contributed by atoms with E-state index < -0.39 is 42.3 Å². The number of carbonyl (C=O) groups is 1. The highest BCUT2D eigenvalue weighted by Crippen LogP contribution is 2.35. The summed E-state index contributed by atoms with van der Waals surface area (Å²) in [4.78, 5) is 17.3. The van der Waals surface area contributed by atoms with Gasteiger partial charge in [-0.2, -0.15) is 0 Å². The molecular weight excluding hydrogens is 330 g/mol. The molecule has 8 nitrogen and oxygen atoms in total. The second-order valence-electron chi connectivity index (χ2n) is 6.58. The lowest BCUT2D eigenvalue weighted by Crippen LogP contribution is -2.64. The van der Waals surface area contributed by atoms with Gasteiger partial charge in [-0.15, -0.1) is 0 Å². The Morgan fingerprint density at radius 1 is 1.36 bits per heavy atom. The number of aliphatic hydroxyl groups excluding tert-OH is 1. The summed E-state index contributed by atoms with van der Waals surface area (Å²) in [7, 11) is 0. The lowest BCUT2D eigenvalue weighted by Gasteiger charge is -2.48. The van der Waals surface area contributed by atoms with Crippen LogP contribution in [0.4, 0.5) is 0 Å². The van der Waals surface area contributed by atoms with Crippen LogP contribution in [0.25, 0.3) is 0 Å².